The predicted molar refractivity (Wildman–Crippen MR) is 168 cm³/mol. The number of fused-ring (bicyclic) bond motifs is 5. The second-order valence-corrected chi connectivity index (χ2v) is 13.9. The highest BCUT2D eigenvalue weighted by atomic mass is 16.6. The Labute approximate surface area is 266 Å². The van der Waals surface area contributed by atoms with Crippen LogP contribution in [0.4, 0.5) is 0 Å². The molecule has 0 aromatic heterocycles. The van der Waals surface area contributed by atoms with Gasteiger partial charge in [0, 0.05) is 49.0 Å². The van der Waals surface area contributed by atoms with E-state index in [2.05, 4.69) is 6.92 Å². The zero-order valence-electron chi connectivity index (χ0n) is 27.3. The molecular weight excluding hydrogens is 576 g/mol. The third-order valence-corrected chi connectivity index (χ3v) is 10.9. The average Bonchev–Trinajstić information content (AvgIpc) is 3.43. The summed E-state index contributed by atoms with van der Waals surface area (Å²) in [6.07, 6.45) is 16.1. The summed E-state index contributed by atoms with van der Waals surface area (Å²) in [5.74, 6) is -4.38. The van der Waals surface area contributed by atoms with Gasteiger partial charge in [-0.05, 0) is 42.9 Å². The highest BCUT2D eigenvalue weighted by Crippen LogP contribution is 2.76. The summed E-state index contributed by atoms with van der Waals surface area (Å²) in [7, 11) is 0. The fourth-order valence-corrected chi connectivity index (χ4v) is 8.54. The van der Waals surface area contributed by atoms with Gasteiger partial charge in [0.15, 0.2) is 11.6 Å². The van der Waals surface area contributed by atoms with Gasteiger partial charge in [0.2, 0.25) is 0 Å². The molecule has 9 nitrogen and oxygen atoms in total. The van der Waals surface area contributed by atoms with Crippen LogP contribution in [0.3, 0.4) is 0 Å². The number of aliphatic hydroxyl groups excluding tert-OH is 1. The van der Waals surface area contributed by atoms with Crippen LogP contribution in [0.5, 0.6) is 0 Å². The molecule has 0 saturated heterocycles. The van der Waals surface area contributed by atoms with Crippen molar-refractivity contribution in [2.75, 3.05) is 13.2 Å². The van der Waals surface area contributed by atoms with Crippen molar-refractivity contribution in [3.05, 3.63) is 47.6 Å². The molecule has 4 aliphatic rings. The molecular formula is C36H50O9. The van der Waals surface area contributed by atoms with E-state index in [1.165, 1.54) is 50.5 Å². The first-order valence-corrected chi connectivity index (χ1v) is 16.4. The number of carbonyl (C=O) groups excluding carboxylic acids is 4. The number of ether oxygens (including phenoxy) is 2. The lowest BCUT2D eigenvalue weighted by Crippen LogP contribution is -2.61. The normalized spacial score (nSPS) is 36.9. The van der Waals surface area contributed by atoms with Crippen molar-refractivity contribution < 1.29 is 44.0 Å². The minimum Gasteiger partial charge on any atom is -0.465 e. The number of hydrogen-bond donors (Lipinski definition) is 3. The van der Waals surface area contributed by atoms with Crippen LogP contribution in [0.2, 0.25) is 0 Å². The molecule has 4 rings (SSSR count). The maximum Gasteiger partial charge on any atom is 0.331 e. The number of allylic oxidation sites excluding steroid dienone is 3. The van der Waals surface area contributed by atoms with Crippen LogP contribution >= 0.6 is 0 Å². The fourth-order valence-electron chi connectivity index (χ4n) is 8.54. The van der Waals surface area contributed by atoms with Crippen LogP contribution in [0.15, 0.2) is 47.6 Å². The summed E-state index contributed by atoms with van der Waals surface area (Å²) in [6.45, 7) is 8.24. The lowest BCUT2D eigenvalue weighted by molar-refractivity contribution is -0.185. The zero-order valence-corrected chi connectivity index (χ0v) is 27.3. The molecule has 0 aromatic carbocycles. The van der Waals surface area contributed by atoms with Crippen molar-refractivity contribution in [1.82, 2.24) is 0 Å². The smallest absolute Gasteiger partial charge is 0.331 e. The maximum absolute atomic E-state index is 13.2. The van der Waals surface area contributed by atoms with E-state index in [-0.39, 0.29) is 25.2 Å². The van der Waals surface area contributed by atoms with E-state index in [4.69, 9.17) is 9.47 Å². The van der Waals surface area contributed by atoms with E-state index in [1.807, 2.05) is 13.8 Å². The fraction of sp³-hybridized carbons (Fsp3) is 0.667. The van der Waals surface area contributed by atoms with Crippen LogP contribution in [-0.2, 0) is 28.7 Å². The molecule has 2 fully saturated rings. The molecule has 0 spiro atoms. The molecule has 0 bridgehead atoms. The molecule has 0 amide bonds. The molecule has 248 valence electrons. The zero-order chi connectivity index (χ0) is 33.2. The van der Waals surface area contributed by atoms with E-state index in [9.17, 15) is 34.5 Å². The molecule has 8 atom stereocenters. The average molecular weight is 627 g/mol. The Kier molecular flexibility index (Phi) is 10.5. The Hall–Kier alpha value is -2.88. The van der Waals surface area contributed by atoms with Gasteiger partial charge in [-0.3, -0.25) is 14.4 Å². The van der Waals surface area contributed by atoms with Crippen molar-refractivity contribution >= 4 is 23.5 Å². The van der Waals surface area contributed by atoms with E-state index in [1.54, 1.807) is 19.1 Å². The van der Waals surface area contributed by atoms with Crippen molar-refractivity contribution in [1.29, 1.82) is 0 Å². The third kappa shape index (κ3) is 6.28. The quantitative estimate of drug-likeness (QED) is 0.0834. The van der Waals surface area contributed by atoms with Gasteiger partial charge in [-0.2, -0.15) is 0 Å². The molecule has 3 N–H and O–H groups in total. The topological polar surface area (TPSA) is 147 Å². The number of unbranched alkanes of at least 4 members (excludes halogenated alkanes) is 5. The Bertz CT molecular complexity index is 1310. The second-order valence-electron chi connectivity index (χ2n) is 13.9. The van der Waals surface area contributed by atoms with Crippen LogP contribution in [0, 0.1) is 29.1 Å². The monoisotopic (exact) mass is 626 g/mol. The lowest BCUT2D eigenvalue weighted by atomic mass is 9.60. The second kappa shape index (κ2) is 13.5. The van der Waals surface area contributed by atoms with Gasteiger partial charge in [0.05, 0.1) is 12.2 Å². The summed E-state index contributed by atoms with van der Waals surface area (Å²) in [4.78, 5) is 50.5. The van der Waals surface area contributed by atoms with Gasteiger partial charge >= 0.3 is 11.9 Å². The number of carbonyl (C=O) groups is 4. The van der Waals surface area contributed by atoms with Gasteiger partial charge in [-0.15, -0.1) is 0 Å². The number of ketones is 2. The summed E-state index contributed by atoms with van der Waals surface area (Å²) in [5, 5.41) is 34.5. The van der Waals surface area contributed by atoms with E-state index < -0.39 is 70.2 Å². The van der Waals surface area contributed by atoms with Gasteiger partial charge < -0.3 is 24.8 Å². The van der Waals surface area contributed by atoms with Crippen LogP contribution in [0.25, 0.3) is 0 Å². The lowest BCUT2D eigenvalue weighted by Gasteiger charge is -2.50. The molecule has 9 heteroatoms. The van der Waals surface area contributed by atoms with Gasteiger partial charge in [0.25, 0.3) is 0 Å². The van der Waals surface area contributed by atoms with Crippen molar-refractivity contribution in [3.63, 3.8) is 0 Å². The number of aliphatic hydroxyl groups is 3. The Balaban J connectivity index is 1.56. The minimum atomic E-state index is -1.91. The summed E-state index contributed by atoms with van der Waals surface area (Å²) < 4.78 is 11.6. The third-order valence-electron chi connectivity index (χ3n) is 10.9. The Morgan fingerprint density at radius 3 is 2.38 bits per heavy atom. The largest absolute Gasteiger partial charge is 0.465 e. The molecule has 2 saturated carbocycles. The number of rotatable bonds is 14. The molecule has 4 aliphatic carbocycles. The molecule has 0 aliphatic heterocycles. The van der Waals surface area contributed by atoms with E-state index in [0.29, 0.717) is 17.6 Å². The van der Waals surface area contributed by atoms with Crippen molar-refractivity contribution in [3.8, 4) is 0 Å². The standard InChI is InChI=1S/C36H50O9/c1-6-7-8-9-10-11-14-27(39)15-12-13-16-30(40)45-35-19-24(3)36(43)28(31(35)33(35,5)22-44-25(4)38)18-26(21-37)20-34(42)29(36)17-23(2)32(34)41/h12-13,15-18,24,28-29,31,37,42-43H,6-11,14,19-22H2,1-5H3/b15-12+,16-13+/t24-,28+,29-,31-,33-,34-,35+,36-/m1/s1. The van der Waals surface area contributed by atoms with Crippen molar-refractivity contribution in [2.45, 2.75) is 109 Å². The first-order valence-electron chi connectivity index (χ1n) is 16.4. The summed E-state index contributed by atoms with van der Waals surface area (Å²) in [5.41, 5.74) is -4.77. The first kappa shape index (κ1) is 35.0. The molecule has 0 heterocycles. The van der Waals surface area contributed by atoms with Crippen LogP contribution in [-0.4, -0.2) is 68.8 Å². The van der Waals surface area contributed by atoms with Crippen LogP contribution in [0.1, 0.15) is 92.4 Å². The van der Waals surface area contributed by atoms with Crippen molar-refractivity contribution in [2.24, 2.45) is 29.1 Å². The van der Waals surface area contributed by atoms with E-state index in [0.717, 1.165) is 19.3 Å². The number of esters is 2. The first-order chi connectivity index (χ1) is 21.2. The molecule has 0 aromatic rings. The Morgan fingerprint density at radius 1 is 1.04 bits per heavy atom. The number of hydrogen-bond acceptors (Lipinski definition) is 9. The molecule has 0 unspecified atom stereocenters. The SMILES string of the molecule is CCCCCCCCC(=O)/C=C/C=C/C(=O)O[C@@]12C[C@@H](C)[C@@]3(O)[C@@H](C=C(CO)C[C@]4(O)C(=O)C(C)=C[C@@H]34)[C@@H]1[C@@]2(C)COC(C)=O. The predicted octanol–water partition coefficient (Wildman–Crippen LogP) is 4.49. The van der Waals surface area contributed by atoms with Crippen LogP contribution < -0.4 is 0 Å². The van der Waals surface area contributed by atoms with Gasteiger partial charge in [-0.1, -0.05) is 77.2 Å². The highest BCUT2D eigenvalue weighted by Gasteiger charge is 2.85. The van der Waals surface area contributed by atoms with E-state index >= 15 is 0 Å². The maximum atomic E-state index is 13.2. The molecule has 45 heavy (non-hydrogen) atoms. The van der Waals surface area contributed by atoms with Gasteiger partial charge in [0.1, 0.15) is 17.8 Å². The minimum absolute atomic E-state index is 0.00631. The van der Waals surface area contributed by atoms with Gasteiger partial charge in [-0.25, -0.2) is 4.79 Å². The Morgan fingerprint density at radius 2 is 1.71 bits per heavy atom. The molecule has 0 radical (unpaired) electrons. The number of Topliss-reactive ketones (excluding diaryl/α,β-unsaturated/α-hetero) is 1. The highest BCUT2D eigenvalue weighted by molar-refractivity contribution is 6.04. The summed E-state index contributed by atoms with van der Waals surface area (Å²) in [6, 6.07) is 0. The summed E-state index contributed by atoms with van der Waals surface area (Å²) >= 11 is 0.